The van der Waals surface area contributed by atoms with Gasteiger partial charge in [-0.3, -0.25) is 0 Å². The number of nitrogens with one attached hydrogen (secondary N) is 1. The first kappa shape index (κ1) is 14.1. The van der Waals surface area contributed by atoms with E-state index in [9.17, 15) is 9.90 Å². The largest absolute Gasteiger partial charge is 0.478 e. The quantitative estimate of drug-likeness (QED) is 0.774. The average Bonchev–Trinajstić information content (AvgIpc) is 2.78. The lowest BCUT2D eigenvalue weighted by atomic mass is 9.98. The van der Waals surface area contributed by atoms with E-state index >= 15 is 0 Å². The molecule has 1 fully saturated rings. The Labute approximate surface area is 116 Å². The van der Waals surface area contributed by atoms with E-state index < -0.39 is 11.6 Å². The molecule has 0 bridgehead atoms. The number of rotatable bonds is 5. The van der Waals surface area contributed by atoms with Gasteiger partial charge in [0.05, 0.1) is 16.2 Å². The fourth-order valence-electron chi connectivity index (χ4n) is 2.38. The van der Waals surface area contributed by atoms with Gasteiger partial charge in [0.15, 0.2) is 0 Å². The van der Waals surface area contributed by atoms with Crippen molar-refractivity contribution in [1.29, 1.82) is 0 Å². The second kappa shape index (κ2) is 5.75. The molecule has 1 aliphatic carbocycles. The summed E-state index contributed by atoms with van der Waals surface area (Å²) >= 11 is 5.95. The Hall–Kier alpha value is -1.33. The molecule has 6 heteroatoms. The molecule has 1 saturated carbocycles. The van der Waals surface area contributed by atoms with E-state index in [-0.39, 0.29) is 10.6 Å². The Balaban J connectivity index is 1.91. The van der Waals surface area contributed by atoms with Gasteiger partial charge in [-0.2, -0.15) is 0 Å². The number of nitrogens with zero attached hydrogens (tertiary/aromatic N) is 1. The summed E-state index contributed by atoms with van der Waals surface area (Å²) in [5.41, 5.74) is -0.509. The summed E-state index contributed by atoms with van der Waals surface area (Å²) in [6, 6.07) is 1.36. The molecular formula is C13H17ClN2O3. The van der Waals surface area contributed by atoms with Crippen LogP contribution < -0.4 is 5.32 Å². The number of anilines is 1. The predicted molar refractivity (Wildman–Crippen MR) is 72.7 cm³/mol. The molecule has 0 aliphatic heterocycles. The third-order valence-corrected chi connectivity index (χ3v) is 3.79. The Morgan fingerprint density at radius 2 is 2.16 bits per heavy atom. The number of hydrogen-bond acceptors (Lipinski definition) is 4. The molecule has 0 saturated heterocycles. The van der Waals surface area contributed by atoms with Gasteiger partial charge in [0.2, 0.25) is 0 Å². The molecule has 0 unspecified atom stereocenters. The van der Waals surface area contributed by atoms with Gasteiger partial charge in [-0.25, -0.2) is 9.78 Å². The first-order chi connectivity index (χ1) is 9.00. The number of carboxylic acids is 1. The summed E-state index contributed by atoms with van der Waals surface area (Å²) in [7, 11) is 0. The van der Waals surface area contributed by atoms with Crippen molar-refractivity contribution in [3.63, 3.8) is 0 Å². The number of pyridine rings is 1. The van der Waals surface area contributed by atoms with Crippen molar-refractivity contribution in [1.82, 2.24) is 4.98 Å². The first-order valence-electron chi connectivity index (χ1n) is 6.35. The van der Waals surface area contributed by atoms with Crippen LogP contribution in [0.1, 0.15) is 42.5 Å². The normalized spacial score (nSPS) is 17.4. The van der Waals surface area contributed by atoms with Crippen LogP contribution in [0.25, 0.3) is 0 Å². The molecule has 1 aliphatic rings. The molecule has 0 spiro atoms. The number of aliphatic hydroxyl groups is 1. The van der Waals surface area contributed by atoms with Crippen LogP contribution in [-0.4, -0.2) is 33.3 Å². The zero-order valence-corrected chi connectivity index (χ0v) is 11.3. The van der Waals surface area contributed by atoms with E-state index in [1.54, 1.807) is 0 Å². The summed E-state index contributed by atoms with van der Waals surface area (Å²) in [6.45, 7) is 0.565. The number of aromatic nitrogens is 1. The van der Waals surface area contributed by atoms with Crippen LogP contribution in [0.2, 0.25) is 5.02 Å². The highest BCUT2D eigenvalue weighted by Gasteiger charge is 2.30. The molecule has 3 N–H and O–H groups in total. The molecule has 104 valence electrons. The predicted octanol–water partition coefficient (Wildman–Crippen LogP) is 2.54. The third kappa shape index (κ3) is 3.58. The lowest BCUT2D eigenvalue weighted by molar-refractivity contribution is 0.0424. The monoisotopic (exact) mass is 284 g/mol. The molecular weight excluding hydrogens is 268 g/mol. The maximum absolute atomic E-state index is 10.7. The molecule has 2 rings (SSSR count). The minimum Gasteiger partial charge on any atom is -0.478 e. The van der Waals surface area contributed by atoms with Gasteiger partial charge in [0.25, 0.3) is 0 Å². The highest BCUT2D eigenvalue weighted by molar-refractivity contribution is 6.33. The Bertz CT molecular complexity index is 473. The number of halogens is 1. The van der Waals surface area contributed by atoms with Gasteiger partial charge in [-0.1, -0.05) is 24.4 Å². The van der Waals surface area contributed by atoms with Crippen LogP contribution in [0, 0.1) is 0 Å². The molecule has 1 aromatic rings. The number of hydrogen-bond donors (Lipinski definition) is 3. The summed E-state index contributed by atoms with van der Waals surface area (Å²) in [4.78, 5) is 14.7. The van der Waals surface area contributed by atoms with E-state index in [2.05, 4.69) is 10.3 Å². The highest BCUT2D eigenvalue weighted by Crippen LogP contribution is 2.32. The SMILES string of the molecule is O=C(O)c1cnc(NCCC2(O)CCCC2)c(Cl)c1. The summed E-state index contributed by atoms with van der Waals surface area (Å²) in [5, 5.41) is 22.3. The van der Waals surface area contributed by atoms with Gasteiger partial charge in [-0.05, 0) is 25.3 Å². The Morgan fingerprint density at radius 3 is 2.74 bits per heavy atom. The van der Waals surface area contributed by atoms with E-state index in [0.717, 1.165) is 25.7 Å². The van der Waals surface area contributed by atoms with E-state index in [4.69, 9.17) is 16.7 Å². The van der Waals surface area contributed by atoms with Crippen LogP contribution >= 0.6 is 11.6 Å². The Kier molecular flexibility index (Phi) is 4.27. The molecule has 0 aromatic carbocycles. The lowest BCUT2D eigenvalue weighted by Crippen LogP contribution is -2.27. The molecule has 1 heterocycles. The third-order valence-electron chi connectivity index (χ3n) is 3.51. The standard InChI is InChI=1S/C13H17ClN2O3/c14-10-7-9(12(17)18)8-16-11(10)15-6-5-13(19)3-1-2-4-13/h7-8,19H,1-6H2,(H,15,16)(H,17,18). The smallest absolute Gasteiger partial charge is 0.337 e. The van der Waals surface area contributed by atoms with Crippen molar-refractivity contribution in [3.05, 3.63) is 22.8 Å². The van der Waals surface area contributed by atoms with Crippen LogP contribution in [0.15, 0.2) is 12.3 Å². The van der Waals surface area contributed by atoms with E-state index in [1.165, 1.54) is 12.3 Å². The topological polar surface area (TPSA) is 82.5 Å². The molecule has 19 heavy (non-hydrogen) atoms. The molecule has 5 nitrogen and oxygen atoms in total. The first-order valence-corrected chi connectivity index (χ1v) is 6.73. The van der Waals surface area contributed by atoms with Gasteiger partial charge in [0.1, 0.15) is 5.82 Å². The van der Waals surface area contributed by atoms with Crippen molar-refractivity contribution in [2.24, 2.45) is 0 Å². The van der Waals surface area contributed by atoms with E-state index in [1.807, 2.05) is 0 Å². The molecule has 0 amide bonds. The second-order valence-electron chi connectivity index (χ2n) is 4.97. The maximum Gasteiger partial charge on any atom is 0.337 e. The minimum atomic E-state index is -1.05. The summed E-state index contributed by atoms with van der Waals surface area (Å²) < 4.78 is 0. The van der Waals surface area contributed by atoms with Gasteiger partial charge >= 0.3 is 5.97 Å². The van der Waals surface area contributed by atoms with Crippen molar-refractivity contribution in [2.45, 2.75) is 37.7 Å². The zero-order chi connectivity index (χ0) is 13.9. The Morgan fingerprint density at radius 1 is 1.47 bits per heavy atom. The van der Waals surface area contributed by atoms with Crippen molar-refractivity contribution in [2.75, 3.05) is 11.9 Å². The second-order valence-corrected chi connectivity index (χ2v) is 5.38. The van der Waals surface area contributed by atoms with Crippen molar-refractivity contribution >= 4 is 23.4 Å². The van der Waals surface area contributed by atoms with Crippen LogP contribution in [0.5, 0.6) is 0 Å². The van der Waals surface area contributed by atoms with Crippen molar-refractivity contribution in [3.8, 4) is 0 Å². The van der Waals surface area contributed by atoms with Gasteiger partial charge in [-0.15, -0.1) is 0 Å². The fourth-order valence-corrected chi connectivity index (χ4v) is 2.61. The number of carboxylic acid groups (broad SMARTS) is 1. The van der Waals surface area contributed by atoms with E-state index in [0.29, 0.717) is 18.8 Å². The molecule has 0 atom stereocenters. The van der Waals surface area contributed by atoms with Gasteiger partial charge in [0, 0.05) is 12.7 Å². The molecule has 1 aromatic heterocycles. The molecule has 0 radical (unpaired) electrons. The minimum absolute atomic E-state index is 0.0602. The van der Waals surface area contributed by atoms with Crippen LogP contribution in [0.3, 0.4) is 0 Å². The van der Waals surface area contributed by atoms with Crippen molar-refractivity contribution < 1.29 is 15.0 Å². The highest BCUT2D eigenvalue weighted by atomic mass is 35.5. The van der Waals surface area contributed by atoms with Gasteiger partial charge < -0.3 is 15.5 Å². The van der Waals surface area contributed by atoms with Crippen LogP contribution in [-0.2, 0) is 0 Å². The number of carbonyl (C=O) groups is 1. The summed E-state index contributed by atoms with van der Waals surface area (Å²) in [5.74, 6) is -0.602. The average molecular weight is 285 g/mol. The summed E-state index contributed by atoms with van der Waals surface area (Å²) in [6.07, 6.45) is 5.74. The number of aromatic carboxylic acids is 1. The zero-order valence-electron chi connectivity index (χ0n) is 10.5. The lowest BCUT2D eigenvalue weighted by Gasteiger charge is -2.22. The maximum atomic E-state index is 10.7. The van der Waals surface area contributed by atoms with Crippen LogP contribution in [0.4, 0.5) is 5.82 Å². The fraction of sp³-hybridized carbons (Fsp3) is 0.538.